The van der Waals surface area contributed by atoms with Crippen molar-refractivity contribution in [2.75, 3.05) is 19.0 Å². The Labute approximate surface area is 128 Å². The maximum absolute atomic E-state index is 4.86. The van der Waals surface area contributed by atoms with E-state index in [1.807, 2.05) is 25.2 Å². The fourth-order valence-corrected chi connectivity index (χ4v) is 2.22. The van der Waals surface area contributed by atoms with Crippen LogP contribution < -0.4 is 10.2 Å². The first kappa shape index (κ1) is 15.5. The van der Waals surface area contributed by atoms with Gasteiger partial charge in [0.05, 0.1) is 0 Å². The van der Waals surface area contributed by atoms with Crippen molar-refractivity contribution in [2.24, 2.45) is 0 Å². The van der Waals surface area contributed by atoms with Crippen molar-refractivity contribution in [1.82, 2.24) is 10.3 Å². The average molecular weight is 283 g/mol. The Balaban J connectivity index is 2.45. The zero-order chi connectivity index (χ0) is 15.5. The number of anilines is 2. The lowest BCUT2D eigenvalue weighted by Gasteiger charge is -2.24. The molecule has 0 fully saturated rings. The summed E-state index contributed by atoms with van der Waals surface area (Å²) in [7, 11) is 4.03. The maximum Gasteiger partial charge on any atom is 0.133 e. The van der Waals surface area contributed by atoms with Crippen LogP contribution in [0.4, 0.5) is 11.5 Å². The van der Waals surface area contributed by atoms with Gasteiger partial charge < -0.3 is 10.2 Å². The van der Waals surface area contributed by atoms with E-state index in [2.05, 4.69) is 62.3 Å². The summed E-state index contributed by atoms with van der Waals surface area (Å²) in [6.45, 7) is 7.45. The van der Waals surface area contributed by atoms with Crippen LogP contribution >= 0.6 is 0 Å². The minimum absolute atomic E-state index is 0.0377. The summed E-state index contributed by atoms with van der Waals surface area (Å²) in [5.41, 5.74) is 3.56. The van der Waals surface area contributed by atoms with E-state index in [1.54, 1.807) is 0 Å². The van der Waals surface area contributed by atoms with Gasteiger partial charge in [-0.05, 0) is 36.9 Å². The molecule has 0 saturated heterocycles. The second-order valence-electron chi connectivity index (χ2n) is 6.39. The number of nitrogens with one attached hydrogen (secondary N) is 1. The molecule has 0 atom stereocenters. The number of rotatable bonds is 4. The minimum Gasteiger partial charge on any atom is -0.329 e. The molecule has 1 aromatic carbocycles. The van der Waals surface area contributed by atoms with E-state index < -0.39 is 0 Å². The molecule has 1 heterocycles. The minimum atomic E-state index is 0.0377. The van der Waals surface area contributed by atoms with Gasteiger partial charge in [0.15, 0.2) is 0 Å². The van der Waals surface area contributed by atoms with E-state index in [1.165, 1.54) is 5.56 Å². The molecule has 0 spiro atoms. The number of benzene rings is 1. The molecule has 1 N–H and O–H groups in total. The van der Waals surface area contributed by atoms with Gasteiger partial charge in [0.1, 0.15) is 5.82 Å². The van der Waals surface area contributed by atoms with Gasteiger partial charge in [0.25, 0.3) is 0 Å². The molecule has 0 radical (unpaired) electrons. The highest BCUT2D eigenvalue weighted by molar-refractivity contribution is 5.59. The smallest absolute Gasteiger partial charge is 0.133 e. The lowest BCUT2D eigenvalue weighted by atomic mass is 9.90. The molecule has 0 bridgehead atoms. The van der Waals surface area contributed by atoms with Crippen molar-refractivity contribution in [3.8, 4) is 0 Å². The van der Waals surface area contributed by atoms with Crippen LogP contribution in [0.25, 0.3) is 0 Å². The van der Waals surface area contributed by atoms with Crippen LogP contribution in [0, 0.1) is 0 Å². The monoisotopic (exact) mass is 283 g/mol. The molecule has 2 rings (SSSR count). The summed E-state index contributed by atoms with van der Waals surface area (Å²) in [6.07, 6.45) is 0. The summed E-state index contributed by atoms with van der Waals surface area (Å²) >= 11 is 0. The number of para-hydroxylation sites is 1. The van der Waals surface area contributed by atoms with E-state index in [-0.39, 0.29) is 5.41 Å². The van der Waals surface area contributed by atoms with E-state index in [0.29, 0.717) is 0 Å². The van der Waals surface area contributed by atoms with Crippen molar-refractivity contribution in [2.45, 2.75) is 32.7 Å². The molecule has 0 amide bonds. The van der Waals surface area contributed by atoms with Crippen LogP contribution in [0.15, 0.2) is 42.5 Å². The maximum atomic E-state index is 4.86. The predicted molar refractivity (Wildman–Crippen MR) is 90.2 cm³/mol. The molecule has 2 aromatic rings. The van der Waals surface area contributed by atoms with Gasteiger partial charge >= 0.3 is 0 Å². The van der Waals surface area contributed by atoms with Gasteiger partial charge in [-0.3, -0.25) is 0 Å². The van der Waals surface area contributed by atoms with Gasteiger partial charge in [-0.1, -0.05) is 39.0 Å². The molecule has 1 aromatic heterocycles. The van der Waals surface area contributed by atoms with Gasteiger partial charge in [-0.25, -0.2) is 4.98 Å². The Hall–Kier alpha value is -1.87. The van der Waals surface area contributed by atoms with Crippen LogP contribution in [0.1, 0.15) is 32.0 Å². The Morgan fingerprint density at radius 3 is 2.33 bits per heavy atom. The highest BCUT2D eigenvalue weighted by Gasteiger charge is 2.18. The number of hydrogen-bond donors (Lipinski definition) is 1. The highest BCUT2D eigenvalue weighted by Crippen LogP contribution is 2.27. The quantitative estimate of drug-likeness (QED) is 0.923. The van der Waals surface area contributed by atoms with Crippen LogP contribution in [0.3, 0.4) is 0 Å². The van der Waals surface area contributed by atoms with Crippen molar-refractivity contribution >= 4 is 11.5 Å². The van der Waals surface area contributed by atoms with Crippen LogP contribution in [-0.4, -0.2) is 19.1 Å². The van der Waals surface area contributed by atoms with Crippen molar-refractivity contribution < 1.29 is 0 Å². The SMILES string of the molecule is CNCc1cc(N(C)c2ccccc2)nc(C(C)(C)C)c1. The van der Waals surface area contributed by atoms with E-state index in [9.17, 15) is 0 Å². The second kappa shape index (κ2) is 6.27. The van der Waals surface area contributed by atoms with Crippen LogP contribution in [0.5, 0.6) is 0 Å². The lowest BCUT2D eigenvalue weighted by Crippen LogP contribution is -2.19. The average Bonchev–Trinajstić information content (AvgIpc) is 2.46. The highest BCUT2D eigenvalue weighted by atomic mass is 15.2. The van der Waals surface area contributed by atoms with Crippen molar-refractivity contribution in [1.29, 1.82) is 0 Å². The second-order valence-corrected chi connectivity index (χ2v) is 6.39. The first-order chi connectivity index (χ1) is 9.91. The number of nitrogens with zero attached hydrogens (tertiary/aromatic N) is 2. The van der Waals surface area contributed by atoms with E-state index >= 15 is 0 Å². The van der Waals surface area contributed by atoms with E-state index in [0.717, 1.165) is 23.7 Å². The first-order valence-electron chi connectivity index (χ1n) is 7.36. The van der Waals surface area contributed by atoms with Gasteiger partial charge in [0, 0.05) is 30.4 Å². The molecule has 0 aliphatic rings. The third-order valence-corrected chi connectivity index (χ3v) is 3.51. The van der Waals surface area contributed by atoms with Crippen LogP contribution in [-0.2, 0) is 12.0 Å². The fourth-order valence-electron chi connectivity index (χ4n) is 2.22. The van der Waals surface area contributed by atoms with Crippen molar-refractivity contribution in [3.63, 3.8) is 0 Å². The molecule has 21 heavy (non-hydrogen) atoms. The predicted octanol–water partition coefficient (Wildman–Crippen LogP) is 3.87. The fraction of sp³-hybridized carbons (Fsp3) is 0.389. The molecule has 0 saturated carbocycles. The first-order valence-corrected chi connectivity index (χ1v) is 7.36. The molecular weight excluding hydrogens is 258 g/mol. The topological polar surface area (TPSA) is 28.2 Å². The Kier molecular flexibility index (Phi) is 4.63. The molecule has 0 aliphatic heterocycles. The summed E-state index contributed by atoms with van der Waals surface area (Å²) in [6, 6.07) is 14.7. The standard InChI is InChI=1S/C18H25N3/c1-18(2,3)16-11-14(13-19-4)12-17(20-16)21(5)15-9-7-6-8-10-15/h6-12,19H,13H2,1-5H3. The third-order valence-electron chi connectivity index (χ3n) is 3.51. The summed E-state index contributed by atoms with van der Waals surface area (Å²) < 4.78 is 0. The molecule has 3 nitrogen and oxygen atoms in total. The number of aromatic nitrogens is 1. The van der Waals surface area contributed by atoms with Gasteiger partial charge in [-0.2, -0.15) is 0 Å². The Morgan fingerprint density at radius 2 is 1.76 bits per heavy atom. The largest absolute Gasteiger partial charge is 0.329 e. The van der Waals surface area contributed by atoms with Crippen molar-refractivity contribution in [3.05, 3.63) is 53.7 Å². The summed E-state index contributed by atoms with van der Waals surface area (Å²) in [4.78, 5) is 6.99. The summed E-state index contributed by atoms with van der Waals surface area (Å²) in [5.74, 6) is 0.985. The van der Waals surface area contributed by atoms with Gasteiger partial charge in [0.2, 0.25) is 0 Å². The zero-order valence-corrected chi connectivity index (χ0v) is 13.6. The number of pyridine rings is 1. The lowest BCUT2D eigenvalue weighted by molar-refractivity contribution is 0.567. The Morgan fingerprint density at radius 1 is 1.10 bits per heavy atom. The van der Waals surface area contributed by atoms with Crippen LogP contribution in [0.2, 0.25) is 0 Å². The summed E-state index contributed by atoms with van der Waals surface area (Å²) in [5, 5.41) is 3.22. The molecular formula is C18H25N3. The normalized spacial score (nSPS) is 11.5. The molecule has 3 heteroatoms. The van der Waals surface area contributed by atoms with E-state index in [4.69, 9.17) is 4.98 Å². The molecule has 112 valence electrons. The van der Waals surface area contributed by atoms with Gasteiger partial charge in [-0.15, -0.1) is 0 Å². The number of hydrogen-bond acceptors (Lipinski definition) is 3. The molecule has 0 aliphatic carbocycles. The Bertz CT molecular complexity index is 585. The zero-order valence-electron chi connectivity index (χ0n) is 13.6. The molecule has 0 unspecified atom stereocenters. The third kappa shape index (κ3) is 3.82.